The Kier molecular flexibility index (Phi) is 10.5. The third-order valence-corrected chi connectivity index (χ3v) is 6.81. The van der Waals surface area contributed by atoms with Crippen molar-refractivity contribution < 1.29 is 38.2 Å². The molecule has 224 valence electrons. The molecule has 2 heterocycles. The third kappa shape index (κ3) is 9.06. The molecule has 1 aromatic carbocycles. The van der Waals surface area contributed by atoms with E-state index >= 15 is 0 Å². The molecule has 1 fully saturated rings. The number of amides is 2. The Balaban J connectivity index is 1.75. The van der Waals surface area contributed by atoms with E-state index in [-0.39, 0.29) is 30.4 Å². The molecular formula is C30H41N3O8. The van der Waals surface area contributed by atoms with Gasteiger partial charge in [-0.2, -0.15) is 0 Å². The highest BCUT2D eigenvalue weighted by Gasteiger charge is 2.34. The topological polar surface area (TPSA) is 153 Å². The summed E-state index contributed by atoms with van der Waals surface area (Å²) in [6.07, 6.45) is -0.118. The number of fused-ring (bicyclic) bond motifs is 1. The predicted molar refractivity (Wildman–Crippen MR) is 152 cm³/mol. The van der Waals surface area contributed by atoms with Crippen LogP contribution in [0, 0.1) is 17.8 Å². The molecule has 2 amide bonds. The second-order valence-electron chi connectivity index (χ2n) is 11.9. The maximum absolute atomic E-state index is 13.5. The number of Topliss-reactive ketones (excluding diaryl/α,β-unsaturated/α-hetero) is 2. The molecule has 1 aliphatic rings. The van der Waals surface area contributed by atoms with Gasteiger partial charge in [0, 0.05) is 35.7 Å². The standard InChI is InChI=1S/C30H41N3O8/c1-17(2)12-19(14-24(34)23-15-20-21(32-23)8-7-9-26(20)39-6)28(37)33-22(13-18-10-11-31-27(18)36)25(35)16-40-29(38)41-30(3,4)5/h7-9,15,17-19,22,32H,10-14,16H2,1-6H3,(H,31,36)(H,33,37)/t18-,19+,22-/m0/s1. The molecule has 0 bridgehead atoms. The molecule has 0 saturated carbocycles. The highest BCUT2D eigenvalue weighted by Crippen LogP contribution is 2.28. The maximum atomic E-state index is 13.5. The molecule has 3 rings (SSSR count). The van der Waals surface area contributed by atoms with Crippen LogP contribution in [0.4, 0.5) is 4.79 Å². The first kappa shape index (κ1) is 31.6. The summed E-state index contributed by atoms with van der Waals surface area (Å²) in [4.78, 5) is 67.3. The number of hydrogen-bond acceptors (Lipinski definition) is 8. The molecule has 1 aromatic heterocycles. The summed E-state index contributed by atoms with van der Waals surface area (Å²) in [5, 5.41) is 6.25. The number of nitrogens with one attached hydrogen (secondary N) is 3. The van der Waals surface area contributed by atoms with E-state index in [4.69, 9.17) is 14.2 Å². The smallest absolute Gasteiger partial charge is 0.496 e. The van der Waals surface area contributed by atoms with Crippen LogP contribution >= 0.6 is 0 Å². The normalized spacial score (nSPS) is 16.7. The van der Waals surface area contributed by atoms with Crippen molar-refractivity contribution in [3.05, 3.63) is 30.0 Å². The fourth-order valence-corrected chi connectivity index (χ4v) is 4.87. The lowest BCUT2D eigenvalue weighted by atomic mass is 9.89. The molecule has 1 saturated heterocycles. The fraction of sp³-hybridized carbons (Fsp3) is 0.567. The number of carbonyl (C=O) groups is 5. The Hall–Kier alpha value is -3.89. The summed E-state index contributed by atoms with van der Waals surface area (Å²) in [6, 6.07) is 6.07. The number of hydrogen-bond donors (Lipinski definition) is 3. The number of rotatable bonds is 13. The van der Waals surface area contributed by atoms with Crippen molar-refractivity contribution in [2.24, 2.45) is 17.8 Å². The van der Waals surface area contributed by atoms with Gasteiger partial charge in [-0.3, -0.25) is 19.2 Å². The number of ether oxygens (including phenoxy) is 3. The third-order valence-electron chi connectivity index (χ3n) is 6.81. The molecule has 11 nitrogen and oxygen atoms in total. The van der Waals surface area contributed by atoms with Crippen LogP contribution in [-0.2, 0) is 23.9 Å². The van der Waals surface area contributed by atoms with Gasteiger partial charge in [-0.05, 0) is 64.2 Å². The highest BCUT2D eigenvalue weighted by molar-refractivity contribution is 6.02. The van der Waals surface area contributed by atoms with Gasteiger partial charge < -0.3 is 29.8 Å². The Morgan fingerprint density at radius 3 is 2.49 bits per heavy atom. The molecule has 3 atom stereocenters. The van der Waals surface area contributed by atoms with Crippen LogP contribution in [0.1, 0.15) is 70.8 Å². The Morgan fingerprint density at radius 2 is 1.88 bits per heavy atom. The lowest BCUT2D eigenvalue weighted by Crippen LogP contribution is -2.47. The molecule has 0 radical (unpaired) electrons. The van der Waals surface area contributed by atoms with E-state index in [1.165, 1.54) is 0 Å². The van der Waals surface area contributed by atoms with Crippen LogP contribution < -0.4 is 15.4 Å². The van der Waals surface area contributed by atoms with E-state index in [0.29, 0.717) is 30.8 Å². The first-order valence-corrected chi connectivity index (χ1v) is 13.9. The van der Waals surface area contributed by atoms with Gasteiger partial charge in [0.15, 0.2) is 18.2 Å². The highest BCUT2D eigenvalue weighted by atomic mass is 16.7. The number of H-pyrrole nitrogens is 1. The predicted octanol–water partition coefficient (Wildman–Crippen LogP) is 3.94. The van der Waals surface area contributed by atoms with Crippen molar-refractivity contribution in [3.63, 3.8) is 0 Å². The van der Waals surface area contributed by atoms with Crippen LogP contribution in [-0.4, -0.2) is 66.4 Å². The molecule has 11 heteroatoms. The molecule has 1 aliphatic heterocycles. The second kappa shape index (κ2) is 13.6. The van der Waals surface area contributed by atoms with E-state index in [0.717, 1.165) is 10.9 Å². The van der Waals surface area contributed by atoms with E-state index < -0.39 is 47.9 Å². The van der Waals surface area contributed by atoms with Crippen molar-refractivity contribution in [3.8, 4) is 5.75 Å². The zero-order valence-corrected chi connectivity index (χ0v) is 24.6. The summed E-state index contributed by atoms with van der Waals surface area (Å²) in [6.45, 7) is 8.74. The van der Waals surface area contributed by atoms with Crippen LogP contribution in [0.15, 0.2) is 24.3 Å². The molecule has 2 aromatic rings. The maximum Gasteiger partial charge on any atom is 0.509 e. The minimum atomic E-state index is -1.08. The van der Waals surface area contributed by atoms with Crippen molar-refractivity contribution in [1.82, 2.24) is 15.6 Å². The van der Waals surface area contributed by atoms with Crippen molar-refractivity contribution in [1.29, 1.82) is 0 Å². The fourth-order valence-electron chi connectivity index (χ4n) is 4.87. The Labute approximate surface area is 240 Å². The average molecular weight is 572 g/mol. The summed E-state index contributed by atoms with van der Waals surface area (Å²) >= 11 is 0. The first-order chi connectivity index (χ1) is 19.3. The van der Waals surface area contributed by atoms with Gasteiger partial charge in [-0.15, -0.1) is 0 Å². The zero-order valence-electron chi connectivity index (χ0n) is 24.6. The number of ketones is 2. The monoisotopic (exact) mass is 571 g/mol. The van der Waals surface area contributed by atoms with Crippen LogP contribution in [0.25, 0.3) is 10.9 Å². The molecule has 0 aliphatic carbocycles. The van der Waals surface area contributed by atoms with Gasteiger partial charge in [0.2, 0.25) is 11.8 Å². The van der Waals surface area contributed by atoms with Crippen LogP contribution in [0.5, 0.6) is 5.75 Å². The van der Waals surface area contributed by atoms with Crippen LogP contribution in [0.3, 0.4) is 0 Å². The number of aromatic amines is 1. The molecule has 3 N–H and O–H groups in total. The molecule has 0 unspecified atom stereocenters. The quantitative estimate of drug-likeness (QED) is 0.241. The lowest BCUT2D eigenvalue weighted by Gasteiger charge is -2.24. The first-order valence-electron chi connectivity index (χ1n) is 13.9. The largest absolute Gasteiger partial charge is 0.509 e. The van der Waals surface area contributed by atoms with Crippen molar-refractivity contribution >= 4 is 40.4 Å². The van der Waals surface area contributed by atoms with Crippen molar-refractivity contribution in [2.75, 3.05) is 20.3 Å². The average Bonchev–Trinajstić information content (AvgIpc) is 3.51. The summed E-state index contributed by atoms with van der Waals surface area (Å²) < 4.78 is 15.5. The molecule has 41 heavy (non-hydrogen) atoms. The Morgan fingerprint density at radius 1 is 1.15 bits per heavy atom. The van der Waals surface area contributed by atoms with E-state index in [1.807, 2.05) is 26.0 Å². The van der Waals surface area contributed by atoms with E-state index in [2.05, 4.69) is 15.6 Å². The van der Waals surface area contributed by atoms with E-state index in [1.54, 1.807) is 40.0 Å². The van der Waals surface area contributed by atoms with Gasteiger partial charge in [-0.1, -0.05) is 19.9 Å². The second-order valence-corrected chi connectivity index (χ2v) is 11.9. The van der Waals surface area contributed by atoms with Gasteiger partial charge >= 0.3 is 6.16 Å². The molecule has 0 spiro atoms. The van der Waals surface area contributed by atoms with Gasteiger partial charge in [0.05, 0.1) is 18.8 Å². The lowest BCUT2D eigenvalue weighted by molar-refractivity contribution is -0.133. The zero-order chi connectivity index (χ0) is 30.3. The molecular weight excluding hydrogens is 530 g/mol. The van der Waals surface area contributed by atoms with E-state index in [9.17, 15) is 24.0 Å². The SMILES string of the molecule is COc1cccc2[nH]c(C(=O)C[C@@H](CC(C)C)C(=O)N[C@@H](C[C@@H]3CCNC3=O)C(=O)COC(=O)OC(C)(C)C)cc12. The van der Waals surface area contributed by atoms with Crippen LogP contribution in [0.2, 0.25) is 0 Å². The van der Waals surface area contributed by atoms with Gasteiger partial charge in [0.1, 0.15) is 11.4 Å². The summed E-state index contributed by atoms with van der Waals surface area (Å²) in [5.74, 6) is -1.99. The number of benzene rings is 1. The Bertz CT molecular complexity index is 1280. The number of methoxy groups -OCH3 is 1. The van der Waals surface area contributed by atoms with Crippen molar-refractivity contribution in [2.45, 2.75) is 71.9 Å². The summed E-state index contributed by atoms with van der Waals surface area (Å²) in [7, 11) is 1.55. The van der Waals surface area contributed by atoms with Gasteiger partial charge in [0.25, 0.3) is 0 Å². The minimum absolute atomic E-state index is 0.0538. The number of carbonyl (C=O) groups excluding carboxylic acids is 5. The van der Waals surface area contributed by atoms with Gasteiger partial charge in [-0.25, -0.2) is 4.79 Å². The number of aromatic nitrogens is 1. The minimum Gasteiger partial charge on any atom is -0.496 e. The summed E-state index contributed by atoms with van der Waals surface area (Å²) in [5.41, 5.74) is 0.290.